The SMILES string of the molecule is CC1CCN(C(=O)CCc2nc(-c3ccsc3)no2)C(CN)C1.Cl. The third kappa shape index (κ3) is 4.34. The molecule has 2 aromatic heterocycles. The van der Waals surface area contributed by atoms with Gasteiger partial charge in [-0.1, -0.05) is 12.1 Å². The van der Waals surface area contributed by atoms with Gasteiger partial charge in [0.05, 0.1) is 0 Å². The highest BCUT2D eigenvalue weighted by atomic mass is 35.5. The first-order chi connectivity index (χ1) is 11.2. The fraction of sp³-hybridized carbons (Fsp3) is 0.562. The van der Waals surface area contributed by atoms with E-state index in [0.29, 0.717) is 37.0 Å². The lowest BCUT2D eigenvalue weighted by atomic mass is 9.92. The van der Waals surface area contributed by atoms with Gasteiger partial charge in [-0.2, -0.15) is 16.3 Å². The fourth-order valence-electron chi connectivity index (χ4n) is 3.03. The molecule has 0 aromatic carbocycles. The van der Waals surface area contributed by atoms with E-state index in [1.165, 1.54) is 0 Å². The molecule has 1 aliphatic heterocycles. The summed E-state index contributed by atoms with van der Waals surface area (Å²) in [5, 5.41) is 7.91. The zero-order valence-electron chi connectivity index (χ0n) is 13.7. The molecule has 2 atom stereocenters. The molecule has 1 amide bonds. The van der Waals surface area contributed by atoms with E-state index in [0.717, 1.165) is 24.9 Å². The minimum atomic E-state index is 0. The number of aryl methyl sites for hydroxylation is 1. The molecule has 1 fully saturated rings. The lowest BCUT2D eigenvalue weighted by Gasteiger charge is -2.38. The van der Waals surface area contributed by atoms with Crippen LogP contribution < -0.4 is 5.73 Å². The van der Waals surface area contributed by atoms with Crippen LogP contribution in [0.5, 0.6) is 0 Å². The molecular formula is C16H23ClN4O2S. The van der Waals surface area contributed by atoms with Gasteiger partial charge in [0.2, 0.25) is 17.6 Å². The zero-order valence-corrected chi connectivity index (χ0v) is 15.3. The third-order valence-electron chi connectivity index (χ3n) is 4.37. The maximum absolute atomic E-state index is 12.5. The average molecular weight is 371 g/mol. The standard InChI is InChI=1S/C16H22N4O2S.ClH/c1-11-4-6-20(13(8-11)9-17)15(21)3-2-14-18-16(19-22-14)12-5-7-23-10-12;/h5,7,10-11,13H,2-4,6,8-9,17H2,1H3;1H. The van der Waals surface area contributed by atoms with Crippen LogP contribution in [0.1, 0.15) is 32.1 Å². The van der Waals surface area contributed by atoms with Crippen LogP contribution in [0, 0.1) is 5.92 Å². The van der Waals surface area contributed by atoms with Crippen LogP contribution in [0.15, 0.2) is 21.3 Å². The van der Waals surface area contributed by atoms with Gasteiger partial charge in [0.1, 0.15) is 0 Å². The van der Waals surface area contributed by atoms with Gasteiger partial charge >= 0.3 is 0 Å². The van der Waals surface area contributed by atoms with E-state index in [2.05, 4.69) is 17.1 Å². The number of aromatic nitrogens is 2. The third-order valence-corrected chi connectivity index (χ3v) is 5.05. The highest BCUT2D eigenvalue weighted by Gasteiger charge is 2.28. The number of halogens is 1. The fourth-order valence-corrected chi connectivity index (χ4v) is 3.66. The van der Waals surface area contributed by atoms with Crippen molar-refractivity contribution in [2.45, 2.75) is 38.6 Å². The molecule has 0 spiro atoms. The highest BCUT2D eigenvalue weighted by Crippen LogP contribution is 2.23. The molecular weight excluding hydrogens is 348 g/mol. The van der Waals surface area contributed by atoms with E-state index in [9.17, 15) is 4.79 Å². The summed E-state index contributed by atoms with van der Waals surface area (Å²) < 4.78 is 5.24. The van der Waals surface area contributed by atoms with Gasteiger partial charge < -0.3 is 15.2 Å². The molecule has 2 unspecified atom stereocenters. The Balaban J connectivity index is 0.00000208. The summed E-state index contributed by atoms with van der Waals surface area (Å²) in [4.78, 5) is 18.7. The molecule has 1 aliphatic rings. The van der Waals surface area contributed by atoms with Gasteiger partial charge in [0.15, 0.2) is 0 Å². The van der Waals surface area contributed by atoms with Crippen LogP contribution in [0.2, 0.25) is 0 Å². The Morgan fingerprint density at radius 2 is 2.38 bits per heavy atom. The van der Waals surface area contributed by atoms with E-state index in [1.54, 1.807) is 11.3 Å². The summed E-state index contributed by atoms with van der Waals surface area (Å²) in [6, 6.07) is 2.11. The van der Waals surface area contributed by atoms with Crippen molar-refractivity contribution in [1.29, 1.82) is 0 Å². The van der Waals surface area contributed by atoms with Crippen LogP contribution >= 0.6 is 23.7 Å². The van der Waals surface area contributed by atoms with Crippen LogP contribution in [0.3, 0.4) is 0 Å². The minimum absolute atomic E-state index is 0. The van der Waals surface area contributed by atoms with Crippen molar-refractivity contribution >= 4 is 29.7 Å². The Hall–Kier alpha value is -1.44. The number of thiophene rings is 1. The van der Waals surface area contributed by atoms with Crippen molar-refractivity contribution in [2.75, 3.05) is 13.1 Å². The van der Waals surface area contributed by atoms with Crippen LogP contribution in [0.4, 0.5) is 0 Å². The molecule has 0 radical (unpaired) electrons. The molecule has 0 aliphatic carbocycles. The van der Waals surface area contributed by atoms with Crippen molar-refractivity contribution in [3.63, 3.8) is 0 Å². The van der Waals surface area contributed by atoms with Crippen LogP contribution in [-0.2, 0) is 11.2 Å². The smallest absolute Gasteiger partial charge is 0.227 e. The predicted molar refractivity (Wildman–Crippen MR) is 96.1 cm³/mol. The Kier molecular flexibility index (Phi) is 6.77. The summed E-state index contributed by atoms with van der Waals surface area (Å²) >= 11 is 1.59. The Morgan fingerprint density at radius 1 is 1.54 bits per heavy atom. The number of likely N-dealkylation sites (tertiary alicyclic amines) is 1. The van der Waals surface area contributed by atoms with Gasteiger partial charge in [0, 0.05) is 42.9 Å². The van der Waals surface area contributed by atoms with E-state index < -0.39 is 0 Å². The van der Waals surface area contributed by atoms with Crippen molar-refractivity contribution in [3.05, 3.63) is 22.7 Å². The zero-order chi connectivity index (χ0) is 16.2. The normalized spacial score (nSPS) is 20.7. The number of nitrogens with zero attached hydrogens (tertiary/aromatic N) is 3. The molecule has 0 bridgehead atoms. The monoisotopic (exact) mass is 370 g/mol. The first-order valence-corrected chi connectivity index (χ1v) is 8.96. The molecule has 8 heteroatoms. The number of rotatable bonds is 5. The van der Waals surface area contributed by atoms with Crippen molar-refractivity contribution in [3.8, 4) is 11.4 Å². The second-order valence-electron chi connectivity index (χ2n) is 6.13. The number of piperidine rings is 1. The lowest BCUT2D eigenvalue weighted by molar-refractivity contribution is -0.135. The number of carbonyl (C=O) groups excluding carboxylic acids is 1. The number of amides is 1. The molecule has 3 heterocycles. The van der Waals surface area contributed by atoms with Crippen LogP contribution in [-0.4, -0.2) is 40.1 Å². The quantitative estimate of drug-likeness (QED) is 0.874. The van der Waals surface area contributed by atoms with Crippen LogP contribution in [0.25, 0.3) is 11.4 Å². The van der Waals surface area contributed by atoms with Gasteiger partial charge in [-0.05, 0) is 30.2 Å². The predicted octanol–water partition coefficient (Wildman–Crippen LogP) is 2.74. The van der Waals surface area contributed by atoms with E-state index in [-0.39, 0.29) is 24.4 Å². The van der Waals surface area contributed by atoms with E-state index in [1.807, 2.05) is 21.7 Å². The Bertz CT molecular complexity index is 646. The Morgan fingerprint density at radius 3 is 3.08 bits per heavy atom. The first-order valence-electron chi connectivity index (χ1n) is 8.02. The number of hydrogen-bond acceptors (Lipinski definition) is 6. The second kappa shape index (κ2) is 8.60. The summed E-state index contributed by atoms with van der Waals surface area (Å²) in [6.45, 7) is 3.54. The van der Waals surface area contributed by atoms with E-state index >= 15 is 0 Å². The summed E-state index contributed by atoms with van der Waals surface area (Å²) in [5.41, 5.74) is 6.77. The van der Waals surface area contributed by atoms with Gasteiger partial charge in [-0.25, -0.2) is 0 Å². The topological polar surface area (TPSA) is 85.2 Å². The largest absolute Gasteiger partial charge is 0.339 e. The van der Waals surface area contributed by atoms with Gasteiger partial charge in [-0.3, -0.25) is 4.79 Å². The number of carbonyl (C=O) groups is 1. The maximum atomic E-state index is 12.5. The Labute approximate surface area is 151 Å². The molecule has 2 N–H and O–H groups in total. The van der Waals surface area contributed by atoms with Crippen molar-refractivity contribution in [1.82, 2.24) is 15.0 Å². The summed E-state index contributed by atoms with van der Waals surface area (Å²) in [7, 11) is 0. The highest BCUT2D eigenvalue weighted by molar-refractivity contribution is 7.08. The van der Waals surface area contributed by atoms with Gasteiger partial charge in [-0.15, -0.1) is 12.4 Å². The van der Waals surface area contributed by atoms with E-state index in [4.69, 9.17) is 10.3 Å². The average Bonchev–Trinajstić information content (AvgIpc) is 3.23. The van der Waals surface area contributed by atoms with Crippen molar-refractivity contribution in [2.24, 2.45) is 11.7 Å². The molecule has 1 saturated heterocycles. The summed E-state index contributed by atoms with van der Waals surface area (Å²) in [5.74, 6) is 1.86. The number of nitrogens with two attached hydrogens (primary N) is 1. The minimum Gasteiger partial charge on any atom is -0.339 e. The maximum Gasteiger partial charge on any atom is 0.227 e. The van der Waals surface area contributed by atoms with Crippen molar-refractivity contribution < 1.29 is 9.32 Å². The summed E-state index contributed by atoms with van der Waals surface area (Å²) in [6.07, 6.45) is 2.89. The number of hydrogen-bond donors (Lipinski definition) is 1. The molecule has 132 valence electrons. The van der Waals surface area contributed by atoms with Gasteiger partial charge in [0.25, 0.3) is 0 Å². The lowest BCUT2D eigenvalue weighted by Crippen LogP contribution is -2.49. The molecule has 3 rings (SSSR count). The second-order valence-corrected chi connectivity index (χ2v) is 6.91. The molecule has 6 nitrogen and oxygen atoms in total. The first kappa shape index (κ1) is 18.9. The molecule has 0 saturated carbocycles. The molecule has 24 heavy (non-hydrogen) atoms. The molecule has 2 aromatic rings.